The highest BCUT2D eigenvalue weighted by atomic mass is 32.2. The zero-order chi connectivity index (χ0) is 21.1. The minimum atomic E-state index is -3.71. The maximum atomic E-state index is 12.9. The van der Waals surface area contributed by atoms with E-state index in [4.69, 9.17) is 14.6 Å². The van der Waals surface area contributed by atoms with Gasteiger partial charge in [-0.05, 0) is 54.7 Å². The molecule has 0 aromatic heterocycles. The van der Waals surface area contributed by atoms with Crippen LogP contribution in [0.15, 0.2) is 47.4 Å². The van der Waals surface area contributed by atoms with Crippen LogP contribution in [0, 0.1) is 0 Å². The summed E-state index contributed by atoms with van der Waals surface area (Å²) in [5.74, 6) is 1.61. The van der Waals surface area contributed by atoms with Crippen molar-refractivity contribution in [2.75, 3.05) is 19.8 Å². The smallest absolute Gasteiger partial charge is 0.238 e. The van der Waals surface area contributed by atoms with E-state index in [-0.39, 0.29) is 16.8 Å². The summed E-state index contributed by atoms with van der Waals surface area (Å²) in [5, 5.41) is 5.13. The fraction of sp³-hybridized carbons (Fsp3) is 0.409. The third-order valence-electron chi connectivity index (χ3n) is 5.61. The number of rotatable bonds is 5. The quantitative estimate of drug-likeness (QED) is 0.786. The van der Waals surface area contributed by atoms with Crippen molar-refractivity contribution in [2.24, 2.45) is 5.14 Å². The van der Waals surface area contributed by atoms with Crippen molar-refractivity contribution >= 4 is 15.9 Å². The molecule has 160 valence electrons. The second-order valence-corrected chi connectivity index (χ2v) is 9.25. The van der Waals surface area contributed by atoms with Crippen molar-refractivity contribution in [3.63, 3.8) is 0 Å². The van der Waals surface area contributed by atoms with Crippen LogP contribution in [0.5, 0.6) is 11.5 Å². The van der Waals surface area contributed by atoms with E-state index >= 15 is 0 Å². The first-order chi connectivity index (χ1) is 14.4. The number of nitrogens with zero attached hydrogens (tertiary/aromatic N) is 1. The summed E-state index contributed by atoms with van der Waals surface area (Å²) in [6, 6.07) is 12.4. The molecule has 2 aliphatic rings. The third-order valence-corrected chi connectivity index (χ3v) is 6.54. The first-order valence-electron chi connectivity index (χ1n) is 10.2. The molecule has 0 radical (unpaired) electrons. The predicted molar refractivity (Wildman–Crippen MR) is 112 cm³/mol. The highest BCUT2D eigenvalue weighted by molar-refractivity contribution is 7.89. The van der Waals surface area contributed by atoms with Crippen LogP contribution < -0.4 is 14.6 Å². The summed E-state index contributed by atoms with van der Waals surface area (Å²) in [5.41, 5.74) is 1.98. The lowest BCUT2D eigenvalue weighted by atomic mass is 10.0. The number of fused-ring (bicyclic) bond motifs is 1. The van der Waals surface area contributed by atoms with Crippen molar-refractivity contribution in [3.8, 4) is 11.5 Å². The van der Waals surface area contributed by atoms with Gasteiger partial charge < -0.3 is 14.4 Å². The lowest BCUT2D eigenvalue weighted by Gasteiger charge is -2.26. The SMILES string of the molecule is NS(=O)(=O)c1ccc(CCC(=O)N2CCC[C@H]2c2ccc3c(c2)OCCCO3)cc1. The number of likely N-dealkylation sites (tertiary alicyclic amines) is 1. The molecule has 1 fully saturated rings. The molecular weight excluding hydrogens is 404 g/mol. The molecule has 1 atom stereocenters. The lowest BCUT2D eigenvalue weighted by molar-refractivity contribution is -0.132. The number of hydrogen-bond acceptors (Lipinski definition) is 5. The van der Waals surface area contributed by atoms with Crippen molar-refractivity contribution in [2.45, 2.75) is 43.0 Å². The zero-order valence-electron chi connectivity index (χ0n) is 16.7. The average molecular weight is 431 g/mol. The molecule has 8 heteroatoms. The molecule has 0 unspecified atom stereocenters. The maximum Gasteiger partial charge on any atom is 0.238 e. The molecule has 0 spiro atoms. The van der Waals surface area contributed by atoms with E-state index in [1.54, 1.807) is 12.1 Å². The van der Waals surface area contributed by atoms with Crippen LogP contribution in [0.4, 0.5) is 0 Å². The van der Waals surface area contributed by atoms with E-state index in [0.29, 0.717) is 26.1 Å². The van der Waals surface area contributed by atoms with E-state index in [1.807, 2.05) is 23.1 Å². The van der Waals surface area contributed by atoms with E-state index in [2.05, 4.69) is 0 Å². The van der Waals surface area contributed by atoms with Gasteiger partial charge in [0.1, 0.15) is 0 Å². The number of hydrogen-bond donors (Lipinski definition) is 1. The number of primary sulfonamides is 1. The molecule has 0 bridgehead atoms. The molecule has 2 aliphatic heterocycles. The number of nitrogens with two attached hydrogens (primary N) is 1. The normalized spacial score (nSPS) is 18.8. The molecule has 2 N–H and O–H groups in total. The Morgan fingerprint density at radius 3 is 2.50 bits per heavy atom. The van der Waals surface area contributed by atoms with Gasteiger partial charge in [-0.25, -0.2) is 13.6 Å². The van der Waals surface area contributed by atoms with Gasteiger partial charge in [0.05, 0.1) is 24.2 Å². The molecule has 2 aromatic rings. The highest BCUT2D eigenvalue weighted by Gasteiger charge is 2.30. The third kappa shape index (κ3) is 4.60. The molecule has 30 heavy (non-hydrogen) atoms. The first-order valence-corrected chi connectivity index (χ1v) is 11.8. The summed E-state index contributed by atoms with van der Waals surface area (Å²) < 4.78 is 34.2. The van der Waals surface area contributed by atoms with Gasteiger partial charge in [0.2, 0.25) is 15.9 Å². The van der Waals surface area contributed by atoms with Crippen LogP contribution in [0.3, 0.4) is 0 Å². The molecule has 0 saturated carbocycles. The Labute approximate surface area is 176 Å². The monoisotopic (exact) mass is 430 g/mol. The largest absolute Gasteiger partial charge is 0.490 e. The van der Waals surface area contributed by atoms with Crippen molar-refractivity contribution in [1.29, 1.82) is 0 Å². The van der Waals surface area contributed by atoms with Gasteiger partial charge >= 0.3 is 0 Å². The van der Waals surface area contributed by atoms with Crippen LogP contribution >= 0.6 is 0 Å². The summed E-state index contributed by atoms with van der Waals surface area (Å²) in [7, 11) is -3.71. The Morgan fingerprint density at radius 1 is 1.03 bits per heavy atom. The van der Waals surface area contributed by atoms with Crippen LogP contribution in [-0.4, -0.2) is 39.0 Å². The zero-order valence-corrected chi connectivity index (χ0v) is 17.6. The van der Waals surface area contributed by atoms with Gasteiger partial charge in [-0.3, -0.25) is 4.79 Å². The summed E-state index contributed by atoms with van der Waals surface area (Å²) in [6.07, 6.45) is 3.67. The van der Waals surface area contributed by atoms with Crippen LogP contribution in [0.2, 0.25) is 0 Å². The number of sulfonamides is 1. The summed E-state index contributed by atoms with van der Waals surface area (Å²) >= 11 is 0. The first kappa shape index (κ1) is 20.7. The van der Waals surface area contributed by atoms with Gasteiger partial charge in [0.15, 0.2) is 11.5 Å². The van der Waals surface area contributed by atoms with Crippen molar-refractivity contribution < 1.29 is 22.7 Å². The van der Waals surface area contributed by atoms with Crippen LogP contribution in [0.25, 0.3) is 0 Å². The second kappa shape index (κ2) is 8.65. The maximum absolute atomic E-state index is 12.9. The van der Waals surface area contributed by atoms with Crippen molar-refractivity contribution in [3.05, 3.63) is 53.6 Å². The van der Waals surface area contributed by atoms with E-state index in [0.717, 1.165) is 48.4 Å². The topological polar surface area (TPSA) is 98.9 Å². The van der Waals surface area contributed by atoms with Gasteiger partial charge in [0.25, 0.3) is 0 Å². The Balaban J connectivity index is 1.42. The number of aryl methyl sites for hydroxylation is 1. The van der Waals surface area contributed by atoms with Crippen LogP contribution in [0.1, 0.15) is 42.9 Å². The summed E-state index contributed by atoms with van der Waals surface area (Å²) in [6.45, 7) is 2.02. The van der Waals surface area contributed by atoms with E-state index in [1.165, 1.54) is 12.1 Å². The Kier molecular flexibility index (Phi) is 5.97. The molecule has 1 amide bonds. The molecule has 2 heterocycles. The fourth-order valence-corrected chi connectivity index (χ4v) is 4.56. The standard InChI is InChI=1S/C22H26N2O5S/c23-30(26,27)18-8-4-16(5-9-18)6-11-22(25)24-12-1-3-19(24)17-7-10-20-21(15-17)29-14-2-13-28-20/h4-5,7-10,15,19H,1-3,6,11-14H2,(H2,23,26,27)/t19-/m0/s1. The second-order valence-electron chi connectivity index (χ2n) is 7.69. The predicted octanol–water partition coefficient (Wildman–Crippen LogP) is 2.79. The lowest BCUT2D eigenvalue weighted by Crippen LogP contribution is -2.30. The van der Waals surface area contributed by atoms with Gasteiger partial charge in [-0.15, -0.1) is 0 Å². The van der Waals surface area contributed by atoms with Gasteiger partial charge in [0, 0.05) is 19.4 Å². The van der Waals surface area contributed by atoms with E-state index < -0.39 is 10.0 Å². The molecule has 7 nitrogen and oxygen atoms in total. The number of carbonyl (C=O) groups excluding carboxylic acids is 1. The number of amides is 1. The minimum Gasteiger partial charge on any atom is -0.490 e. The molecule has 2 aromatic carbocycles. The van der Waals surface area contributed by atoms with Crippen LogP contribution in [-0.2, 0) is 21.2 Å². The Hall–Kier alpha value is -2.58. The minimum absolute atomic E-state index is 0.0411. The highest BCUT2D eigenvalue weighted by Crippen LogP contribution is 2.38. The van der Waals surface area contributed by atoms with Gasteiger partial charge in [-0.1, -0.05) is 18.2 Å². The van der Waals surface area contributed by atoms with E-state index in [9.17, 15) is 13.2 Å². The molecule has 1 saturated heterocycles. The average Bonchev–Trinajstić information content (AvgIpc) is 3.10. The molecule has 4 rings (SSSR count). The van der Waals surface area contributed by atoms with Gasteiger partial charge in [-0.2, -0.15) is 0 Å². The Morgan fingerprint density at radius 2 is 1.77 bits per heavy atom. The van der Waals surface area contributed by atoms with Crippen molar-refractivity contribution in [1.82, 2.24) is 4.90 Å². The molecule has 0 aliphatic carbocycles. The fourth-order valence-electron chi connectivity index (χ4n) is 4.04. The number of ether oxygens (including phenoxy) is 2. The summed E-state index contributed by atoms with van der Waals surface area (Å²) in [4.78, 5) is 14.9. The molecular formula is C22H26N2O5S. The Bertz CT molecular complexity index is 1020. The number of benzene rings is 2. The number of carbonyl (C=O) groups is 1.